The summed E-state index contributed by atoms with van der Waals surface area (Å²) in [7, 11) is 4.06. The molecule has 3 atom stereocenters. The average molecular weight is 235 g/mol. The minimum atomic E-state index is -0.703. The lowest BCUT2D eigenvalue weighted by Gasteiger charge is -2.41. The van der Waals surface area contributed by atoms with Gasteiger partial charge in [0.2, 0.25) is 0 Å². The lowest BCUT2D eigenvalue weighted by atomic mass is 10.0. The summed E-state index contributed by atoms with van der Waals surface area (Å²) in [5.41, 5.74) is 0. The fraction of sp³-hybridized carbons (Fsp3) is 0.889. The van der Waals surface area contributed by atoms with Crippen LogP contribution in [0.3, 0.4) is 0 Å². The minimum Gasteiger partial charge on any atom is -0.450 e. The van der Waals surface area contributed by atoms with Crippen molar-refractivity contribution >= 4 is 15.3 Å². The number of carbonyl (C=O) groups is 1. The normalized spacial score (nSPS) is 31.5. The van der Waals surface area contributed by atoms with E-state index in [1.165, 1.54) is 4.90 Å². The van der Waals surface area contributed by atoms with Gasteiger partial charge in [0.05, 0.1) is 13.2 Å². The second-order valence-corrected chi connectivity index (χ2v) is 4.55. The van der Waals surface area contributed by atoms with Crippen molar-refractivity contribution in [1.29, 1.82) is 0 Å². The van der Waals surface area contributed by atoms with E-state index < -0.39 is 11.4 Å². The lowest BCUT2D eigenvalue weighted by Crippen LogP contribution is -2.54. The third kappa shape index (κ3) is 2.80. The molecular weight excluding hydrogens is 217 g/mol. The summed E-state index contributed by atoms with van der Waals surface area (Å²) in [5, 5.41) is 9.18. The van der Waals surface area contributed by atoms with Gasteiger partial charge in [-0.2, -0.15) is 0 Å². The zero-order valence-corrected chi connectivity index (χ0v) is 10.3. The molecule has 1 N–H and O–H groups in total. The number of amides is 1. The average Bonchev–Trinajstić information content (AvgIpc) is 2.22. The molecule has 0 saturated carbocycles. The van der Waals surface area contributed by atoms with E-state index in [4.69, 9.17) is 9.47 Å². The van der Waals surface area contributed by atoms with Crippen LogP contribution in [0.4, 0.5) is 4.79 Å². The first-order valence-electron chi connectivity index (χ1n) is 4.97. The van der Waals surface area contributed by atoms with Gasteiger partial charge in [0.1, 0.15) is 11.4 Å². The van der Waals surface area contributed by atoms with Crippen LogP contribution in [0.1, 0.15) is 13.3 Å². The SMILES string of the molecule is CCOC(=O)N1CCC(P)(OC)C(O)C1. The molecule has 0 aromatic heterocycles. The van der Waals surface area contributed by atoms with Crippen LogP contribution in [0.5, 0.6) is 0 Å². The van der Waals surface area contributed by atoms with Crippen LogP contribution >= 0.6 is 9.24 Å². The number of likely N-dealkylation sites (tertiary alicyclic amines) is 1. The van der Waals surface area contributed by atoms with Gasteiger partial charge in [-0.1, -0.05) is 0 Å². The largest absolute Gasteiger partial charge is 0.450 e. The molecule has 1 heterocycles. The van der Waals surface area contributed by atoms with Crippen molar-refractivity contribution in [3.05, 3.63) is 0 Å². The Morgan fingerprint density at radius 1 is 1.73 bits per heavy atom. The van der Waals surface area contributed by atoms with Crippen molar-refractivity contribution in [2.75, 3.05) is 26.8 Å². The number of β-amino-alcohol motifs (C(OH)–C–C–N with tert-alkyl or cyclic N) is 1. The van der Waals surface area contributed by atoms with Crippen molar-refractivity contribution in [1.82, 2.24) is 4.90 Å². The van der Waals surface area contributed by atoms with Crippen LogP contribution in [0.25, 0.3) is 0 Å². The standard InChI is InChI=1S/C9H18NO4P/c1-3-14-8(12)10-5-4-9(15,13-2)7(11)6-10/h7,11H,3-6,15H2,1-2H3. The molecule has 5 nitrogen and oxygen atoms in total. The Balaban J connectivity index is 2.54. The molecule has 1 fully saturated rings. The Kier molecular flexibility index (Phi) is 4.32. The molecule has 1 aliphatic rings. The molecule has 1 aliphatic heterocycles. The summed E-state index contributed by atoms with van der Waals surface area (Å²) in [4.78, 5) is 12.9. The Hall–Kier alpha value is -0.380. The van der Waals surface area contributed by atoms with Crippen molar-refractivity contribution in [3.63, 3.8) is 0 Å². The third-order valence-electron chi connectivity index (χ3n) is 2.64. The number of rotatable bonds is 2. The van der Waals surface area contributed by atoms with Gasteiger partial charge in [-0.05, 0) is 6.92 Å². The highest BCUT2D eigenvalue weighted by Crippen LogP contribution is 2.32. The van der Waals surface area contributed by atoms with E-state index in [0.29, 0.717) is 19.6 Å². The summed E-state index contributed by atoms with van der Waals surface area (Å²) < 4.78 is 10.1. The molecule has 0 spiro atoms. The summed E-state index contributed by atoms with van der Waals surface area (Å²) in [6, 6.07) is 0. The monoisotopic (exact) mass is 235 g/mol. The van der Waals surface area contributed by atoms with Gasteiger partial charge in [-0.3, -0.25) is 0 Å². The zero-order valence-electron chi connectivity index (χ0n) is 9.10. The summed E-state index contributed by atoms with van der Waals surface area (Å²) in [5.74, 6) is 0. The number of piperidine rings is 1. The van der Waals surface area contributed by atoms with Crippen LogP contribution in [0, 0.1) is 0 Å². The van der Waals surface area contributed by atoms with Gasteiger partial charge < -0.3 is 19.5 Å². The number of aliphatic hydroxyl groups excluding tert-OH is 1. The molecule has 6 heteroatoms. The zero-order chi connectivity index (χ0) is 11.5. The molecule has 0 radical (unpaired) electrons. The second kappa shape index (κ2) is 5.10. The number of ether oxygens (including phenoxy) is 2. The van der Waals surface area contributed by atoms with Gasteiger partial charge in [-0.25, -0.2) is 4.79 Å². The third-order valence-corrected chi connectivity index (χ3v) is 3.55. The fourth-order valence-electron chi connectivity index (χ4n) is 1.55. The molecule has 0 aromatic rings. The van der Waals surface area contributed by atoms with E-state index in [1.807, 2.05) is 0 Å². The van der Waals surface area contributed by atoms with E-state index in [0.717, 1.165) is 0 Å². The molecule has 0 aliphatic carbocycles. The van der Waals surface area contributed by atoms with Crippen LogP contribution in [0.15, 0.2) is 0 Å². The van der Waals surface area contributed by atoms with Gasteiger partial charge in [0.15, 0.2) is 0 Å². The van der Waals surface area contributed by atoms with E-state index in [-0.39, 0.29) is 12.6 Å². The van der Waals surface area contributed by atoms with Gasteiger partial charge in [0.25, 0.3) is 0 Å². The Bertz CT molecular complexity index is 238. The van der Waals surface area contributed by atoms with Crippen molar-refractivity contribution < 1.29 is 19.4 Å². The molecular formula is C9H18NO4P. The maximum absolute atomic E-state index is 11.4. The van der Waals surface area contributed by atoms with Gasteiger partial charge in [0, 0.05) is 20.1 Å². The Labute approximate surface area is 91.9 Å². The number of hydrogen-bond donors (Lipinski definition) is 1. The van der Waals surface area contributed by atoms with Crippen molar-refractivity contribution in [2.45, 2.75) is 24.8 Å². The molecule has 3 unspecified atom stereocenters. The highest BCUT2D eigenvalue weighted by molar-refractivity contribution is 7.18. The fourth-order valence-corrected chi connectivity index (χ4v) is 1.78. The number of nitrogens with zero attached hydrogens (tertiary/aromatic N) is 1. The van der Waals surface area contributed by atoms with Crippen molar-refractivity contribution in [3.8, 4) is 0 Å². The summed E-state index contributed by atoms with van der Waals surface area (Å²) >= 11 is 0. The van der Waals surface area contributed by atoms with Crippen LogP contribution in [0.2, 0.25) is 0 Å². The highest BCUT2D eigenvalue weighted by atomic mass is 31.0. The first kappa shape index (κ1) is 12.7. The van der Waals surface area contributed by atoms with Gasteiger partial charge >= 0.3 is 6.09 Å². The molecule has 0 aromatic carbocycles. The lowest BCUT2D eigenvalue weighted by molar-refractivity contribution is -0.0799. The maximum Gasteiger partial charge on any atom is 0.409 e. The van der Waals surface area contributed by atoms with Crippen molar-refractivity contribution in [2.24, 2.45) is 0 Å². The first-order chi connectivity index (χ1) is 7.03. The summed E-state index contributed by atoms with van der Waals surface area (Å²) in [6.07, 6.45) is -0.501. The smallest absolute Gasteiger partial charge is 0.409 e. The van der Waals surface area contributed by atoms with E-state index >= 15 is 0 Å². The predicted molar refractivity (Wildman–Crippen MR) is 58.7 cm³/mol. The van der Waals surface area contributed by atoms with Crippen LogP contribution in [-0.2, 0) is 9.47 Å². The molecule has 0 bridgehead atoms. The second-order valence-electron chi connectivity index (χ2n) is 3.57. The number of aliphatic hydroxyl groups is 1. The Morgan fingerprint density at radius 3 is 2.87 bits per heavy atom. The molecule has 1 amide bonds. The van der Waals surface area contributed by atoms with E-state index in [9.17, 15) is 9.90 Å². The molecule has 1 saturated heterocycles. The quantitative estimate of drug-likeness (QED) is 0.705. The number of carbonyl (C=O) groups excluding carboxylic acids is 1. The topological polar surface area (TPSA) is 59.0 Å². The number of methoxy groups -OCH3 is 1. The highest BCUT2D eigenvalue weighted by Gasteiger charge is 2.40. The predicted octanol–water partition coefficient (Wildman–Crippen LogP) is 0.427. The number of hydrogen-bond acceptors (Lipinski definition) is 4. The van der Waals surface area contributed by atoms with Crippen LogP contribution in [-0.4, -0.2) is 54.4 Å². The molecule has 15 heavy (non-hydrogen) atoms. The van der Waals surface area contributed by atoms with E-state index in [1.54, 1.807) is 14.0 Å². The van der Waals surface area contributed by atoms with Gasteiger partial charge in [-0.15, -0.1) is 9.24 Å². The Morgan fingerprint density at radius 2 is 2.40 bits per heavy atom. The maximum atomic E-state index is 11.4. The molecule has 1 rings (SSSR count). The first-order valence-corrected chi connectivity index (χ1v) is 5.55. The molecule has 88 valence electrons. The van der Waals surface area contributed by atoms with E-state index in [2.05, 4.69) is 9.24 Å². The minimum absolute atomic E-state index is 0.246. The van der Waals surface area contributed by atoms with Crippen LogP contribution < -0.4 is 0 Å². The summed E-state index contributed by atoms with van der Waals surface area (Å²) in [6.45, 7) is 2.89.